The van der Waals surface area contributed by atoms with Gasteiger partial charge in [-0.05, 0) is 42.5 Å². The van der Waals surface area contributed by atoms with Crippen LogP contribution in [0.2, 0.25) is 5.02 Å². The minimum Gasteiger partial charge on any atom is -0.397 e. The number of carbonyl (C=O) groups is 1. The van der Waals surface area contributed by atoms with Crippen LogP contribution < -0.4 is 11.1 Å². The maximum atomic E-state index is 11.7. The number of anilines is 2. The summed E-state index contributed by atoms with van der Waals surface area (Å²) in [4.78, 5) is 11.7. The van der Waals surface area contributed by atoms with Crippen molar-refractivity contribution in [2.45, 2.75) is 39.0 Å². The second-order valence-corrected chi connectivity index (χ2v) is 6.34. The van der Waals surface area contributed by atoms with Gasteiger partial charge < -0.3 is 11.1 Å². The monoisotopic (exact) mass is 314 g/mol. The number of rotatable bonds is 9. The molecular weight excluding hydrogens is 292 g/mol. The molecular formula is C15H23ClN2OS. The lowest BCUT2D eigenvalue weighted by Crippen LogP contribution is -2.11. The third kappa shape index (κ3) is 7.06. The highest BCUT2D eigenvalue weighted by molar-refractivity contribution is 7.99. The van der Waals surface area contributed by atoms with Gasteiger partial charge in [0.25, 0.3) is 0 Å². The summed E-state index contributed by atoms with van der Waals surface area (Å²) in [5.41, 5.74) is 6.87. The van der Waals surface area contributed by atoms with E-state index in [0.29, 0.717) is 22.8 Å². The third-order valence-corrected chi connectivity index (χ3v) is 4.36. The number of amides is 1. The predicted molar refractivity (Wildman–Crippen MR) is 90.6 cm³/mol. The van der Waals surface area contributed by atoms with Crippen molar-refractivity contribution >= 4 is 40.6 Å². The fraction of sp³-hybridized carbons (Fsp3) is 0.533. The molecule has 0 bridgehead atoms. The molecule has 0 fully saturated rings. The zero-order valence-corrected chi connectivity index (χ0v) is 13.5. The van der Waals surface area contributed by atoms with Gasteiger partial charge in [-0.25, -0.2) is 0 Å². The second kappa shape index (κ2) is 9.94. The number of halogens is 1. The normalized spacial score (nSPS) is 10.5. The molecule has 0 unspecified atom stereocenters. The molecule has 0 spiro atoms. The summed E-state index contributed by atoms with van der Waals surface area (Å²) in [6, 6.07) is 5.13. The Morgan fingerprint density at radius 1 is 1.30 bits per heavy atom. The summed E-state index contributed by atoms with van der Waals surface area (Å²) in [7, 11) is 0. The van der Waals surface area contributed by atoms with Crippen molar-refractivity contribution in [2.75, 3.05) is 22.6 Å². The summed E-state index contributed by atoms with van der Waals surface area (Å²) < 4.78 is 0. The van der Waals surface area contributed by atoms with Crippen LogP contribution in [0, 0.1) is 0 Å². The average molecular weight is 315 g/mol. The Morgan fingerprint density at radius 2 is 2.05 bits per heavy atom. The maximum Gasteiger partial charge on any atom is 0.224 e. The zero-order valence-electron chi connectivity index (χ0n) is 12.0. The molecule has 1 rings (SSSR count). The Kier molecular flexibility index (Phi) is 8.54. The molecule has 3 nitrogen and oxygen atoms in total. The Bertz CT molecular complexity index is 426. The number of nitrogen functional groups attached to an aromatic ring is 1. The van der Waals surface area contributed by atoms with Crippen LogP contribution in [0.15, 0.2) is 18.2 Å². The fourth-order valence-corrected chi connectivity index (χ4v) is 2.81. The molecule has 5 heteroatoms. The van der Waals surface area contributed by atoms with Gasteiger partial charge in [-0.3, -0.25) is 4.79 Å². The summed E-state index contributed by atoms with van der Waals surface area (Å²) in [6.45, 7) is 2.21. The summed E-state index contributed by atoms with van der Waals surface area (Å²) in [6.07, 6.45) is 5.28. The SMILES string of the molecule is CCCCCSCCCC(=O)Nc1ccc(Cl)c(N)c1. The number of nitrogens with one attached hydrogen (secondary N) is 1. The maximum absolute atomic E-state index is 11.7. The van der Waals surface area contributed by atoms with Crippen LogP contribution in [0.3, 0.4) is 0 Å². The van der Waals surface area contributed by atoms with Crippen molar-refractivity contribution in [3.8, 4) is 0 Å². The van der Waals surface area contributed by atoms with E-state index in [1.54, 1.807) is 18.2 Å². The van der Waals surface area contributed by atoms with E-state index >= 15 is 0 Å². The fourth-order valence-electron chi connectivity index (χ4n) is 1.74. The van der Waals surface area contributed by atoms with E-state index < -0.39 is 0 Å². The molecule has 0 aromatic heterocycles. The van der Waals surface area contributed by atoms with Crippen LogP contribution in [0.4, 0.5) is 11.4 Å². The average Bonchev–Trinajstić information content (AvgIpc) is 2.42. The van der Waals surface area contributed by atoms with E-state index in [1.165, 1.54) is 25.0 Å². The minimum atomic E-state index is 0.0286. The quantitative estimate of drug-likeness (QED) is 0.519. The van der Waals surface area contributed by atoms with Crippen LogP contribution in [0.25, 0.3) is 0 Å². The van der Waals surface area contributed by atoms with E-state index in [-0.39, 0.29) is 5.91 Å². The van der Waals surface area contributed by atoms with Gasteiger partial charge >= 0.3 is 0 Å². The summed E-state index contributed by atoms with van der Waals surface area (Å²) >= 11 is 7.76. The van der Waals surface area contributed by atoms with Crippen molar-refractivity contribution in [1.29, 1.82) is 0 Å². The molecule has 0 saturated carbocycles. The Labute approximate surface area is 130 Å². The van der Waals surface area contributed by atoms with Gasteiger partial charge in [-0.15, -0.1) is 0 Å². The molecule has 0 saturated heterocycles. The van der Waals surface area contributed by atoms with Gasteiger partial charge in [-0.2, -0.15) is 11.8 Å². The molecule has 20 heavy (non-hydrogen) atoms. The number of carbonyl (C=O) groups excluding carboxylic acids is 1. The highest BCUT2D eigenvalue weighted by atomic mass is 35.5. The molecule has 0 aliphatic heterocycles. The van der Waals surface area contributed by atoms with Gasteiger partial charge in [0.05, 0.1) is 10.7 Å². The predicted octanol–water partition coefficient (Wildman–Crippen LogP) is 4.56. The smallest absolute Gasteiger partial charge is 0.224 e. The second-order valence-electron chi connectivity index (χ2n) is 4.71. The first-order valence-corrected chi connectivity index (χ1v) is 8.59. The summed E-state index contributed by atoms with van der Waals surface area (Å²) in [5.74, 6) is 2.27. The van der Waals surface area contributed by atoms with Crippen molar-refractivity contribution < 1.29 is 4.79 Å². The number of hydrogen-bond acceptors (Lipinski definition) is 3. The highest BCUT2D eigenvalue weighted by Gasteiger charge is 2.04. The van der Waals surface area contributed by atoms with Gasteiger partial charge in [0.2, 0.25) is 5.91 Å². The highest BCUT2D eigenvalue weighted by Crippen LogP contribution is 2.22. The van der Waals surface area contributed by atoms with Crippen LogP contribution in [0.1, 0.15) is 39.0 Å². The first-order chi connectivity index (χ1) is 9.63. The van der Waals surface area contributed by atoms with Gasteiger partial charge in [0.15, 0.2) is 0 Å². The Balaban J connectivity index is 2.15. The lowest BCUT2D eigenvalue weighted by atomic mass is 10.2. The molecule has 0 radical (unpaired) electrons. The van der Waals surface area contributed by atoms with E-state index in [4.69, 9.17) is 17.3 Å². The zero-order chi connectivity index (χ0) is 14.8. The largest absolute Gasteiger partial charge is 0.397 e. The van der Waals surface area contributed by atoms with E-state index in [1.807, 2.05) is 11.8 Å². The number of unbranched alkanes of at least 4 members (excludes halogenated alkanes) is 2. The topological polar surface area (TPSA) is 55.1 Å². The molecule has 3 N–H and O–H groups in total. The van der Waals surface area contributed by atoms with E-state index in [9.17, 15) is 4.79 Å². The molecule has 1 aromatic carbocycles. The van der Waals surface area contributed by atoms with Crippen molar-refractivity contribution in [3.63, 3.8) is 0 Å². The minimum absolute atomic E-state index is 0.0286. The lowest BCUT2D eigenvalue weighted by Gasteiger charge is -2.07. The summed E-state index contributed by atoms with van der Waals surface area (Å²) in [5, 5.41) is 3.34. The van der Waals surface area contributed by atoms with Crippen molar-refractivity contribution in [1.82, 2.24) is 0 Å². The van der Waals surface area contributed by atoms with Crippen LogP contribution in [0.5, 0.6) is 0 Å². The lowest BCUT2D eigenvalue weighted by molar-refractivity contribution is -0.116. The Hall–Kier alpha value is -0.870. The third-order valence-electron chi connectivity index (χ3n) is 2.86. The standard InChI is InChI=1S/C15H23ClN2OS/c1-2-3-4-9-20-10-5-6-15(19)18-12-7-8-13(16)14(17)11-12/h7-8,11H,2-6,9-10,17H2,1H3,(H,18,19). The van der Waals surface area contributed by atoms with Crippen LogP contribution >= 0.6 is 23.4 Å². The van der Waals surface area contributed by atoms with E-state index in [2.05, 4.69) is 12.2 Å². The van der Waals surface area contributed by atoms with Gasteiger partial charge in [0, 0.05) is 12.1 Å². The molecule has 1 aromatic rings. The molecule has 0 atom stereocenters. The first kappa shape index (κ1) is 17.2. The number of nitrogens with two attached hydrogens (primary N) is 1. The molecule has 112 valence electrons. The number of benzene rings is 1. The molecule has 0 heterocycles. The molecule has 0 aliphatic rings. The molecule has 1 amide bonds. The van der Waals surface area contributed by atoms with Gasteiger partial charge in [-0.1, -0.05) is 31.4 Å². The number of hydrogen-bond donors (Lipinski definition) is 2. The Morgan fingerprint density at radius 3 is 2.75 bits per heavy atom. The number of thioether (sulfide) groups is 1. The van der Waals surface area contributed by atoms with Crippen LogP contribution in [-0.2, 0) is 4.79 Å². The molecule has 0 aliphatic carbocycles. The van der Waals surface area contributed by atoms with Crippen LogP contribution in [-0.4, -0.2) is 17.4 Å². The van der Waals surface area contributed by atoms with Crippen molar-refractivity contribution in [3.05, 3.63) is 23.2 Å². The first-order valence-electron chi connectivity index (χ1n) is 7.06. The van der Waals surface area contributed by atoms with Gasteiger partial charge in [0.1, 0.15) is 0 Å². The van der Waals surface area contributed by atoms with Crippen molar-refractivity contribution in [2.24, 2.45) is 0 Å². The van der Waals surface area contributed by atoms with E-state index in [0.717, 1.165) is 12.2 Å².